The first kappa shape index (κ1) is 13.8. The van der Waals surface area contributed by atoms with Crippen molar-refractivity contribution in [3.63, 3.8) is 0 Å². The van der Waals surface area contributed by atoms with Gasteiger partial charge in [0.25, 0.3) is 0 Å². The first-order valence-corrected chi connectivity index (χ1v) is 4.86. The molecule has 0 radical (unpaired) electrons. The van der Waals surface area contributed by atoms with E-state index in [1.807, 2.05) is 0 Å². The van der Waals surface area contributed by atoms with Gasteiger partial charge in [0.05, 0.1) is 17.2 Å². The Balaban J connectivity index is 3.08. The summed E-state index contributed by atoms with van der Waals surface area (Å²) < 4.78 is 37.5. The fourth-order valence-electron chi connectivity index (χ4n) is 1.29. The van der Waals surface area contributed by atoms with Gasteiger partial charge in [-0.15, -0.1) is 0 Å². The molecule has 0 saturated heterocycles. The number of nitrogens with one attached hydrogen (secondary N) is 1. The molecule has 0 unspecified atom stereocenters. The molecule has 1 aromatic rings. The Morgan fingerprint density at radius 1 is 1.50 bits per heavy atom. The highest BCUT2D eigenvalue weighted by atomic mass is 19.4. The molecule has 0 amide bonds. The van der Waals surface area contributed by atoms with Crippen LogP contribution >= 0.6 is 0 Å². The molecule has 0 aliphatic rings. The van der Waals surface area contributed by atoms with Gasteiger partial charge in [0.15, 0.2) is 0 Å². The van der Waals surface area contributed by atoms with Crippen LogP contribution in [0.2, 0.25) is 0 Å². The van der Waals surface area contributed by atoms with Crippen LogP contribution < -0.4 is 5.32 Å². The van der Waals surface area contributed by atoms with E-state index in [1.165, 1.54) is 13.0 Å². The number of carbonyl (C=O) groups is 1. The second-order valence-electron chi connectivity index (χ2n) is 3.57. The van der Waals surface area contributed by atoms with Crippen molar-refractivity contribution in [3.8, 4) is 6.07 Å². The predicted molar refractivity (Wildman–Crippen MR) is 56.9 cm³/mol. The van der Waals surface area contributed by atoms with Gasteiger partial charge in [-0.1, -0.05) is 0 Å². The van der Waals surface area contributed by atoms with Gasteiger partial charge < -0.3 is 10.4 Å². The van der Waals surface area contributed by atoms with Gasteiger partial charge in [-0.3, -0.25) is 4.79 Å². The molecule has 96 valence electrons. The normalized spacial score (nSPS) is 12.6. The number of nitrogens with zero attached hydrogens (tertiary/aromatic N) is 1. The Bertz CT molecular complexity index is 506. The molecule has 0 heterocycles. The van der Waals surface area contributed by atoms with Crippen LogP contribution in [0.4, 0.5) is 18.9 Å². The highest BCUT2D eigenvalue weighted by Gasteiger charge is 2.33. The van der Waals surface area contributed by atoms with Gasteiger partial charge in [0.2, 0.25) is 0 Å². The summed E-state index contributed by atoms with van der Waals surface area (Å²) in [5, 5.41) is 19.8. The minimum absolute atomic E-state index is 0.148. The lowest BCUT2D eigenvalue weighted by atomic mass is 10.1. The van der Waals surface area contributed by atoms with Gasteiger partial charge in [-0.05, 0) is 25.1 Å². The van der Waals surface area contributed by atoms with Crippen LogP contribution in [0.25, 0.3) is 0 Å². The van der Waals surface area contributed by atoms with Crippen LogP contribution in [0, 0.1) is 11.3 Å². The summed E-state index contributed by atoms with van der Waals surface area (Å²) in [6, 6.07) is 3.28. The summed E-state index contributed by atoms with van der Waals surface area (Å²) in [5.74, 6) is -1.14. The van der Waals surface area contributed by atoms with Crippen molar-refractivity contribution in [2.75, 3.05) is 5.32 Å². The molecule has 0 aliphatic heterocycles. The fraction of sp³-hybridized carbons (Fsp3) is 0.273. The van der Waals surface area contributed by atoms with Crippen LogP contribution in [0.15, 0.2) is 18.2 Å². The molecule has 0 aromatic heterocycles. The van der Waals surface area contributed by atoms with E-state index in [4.69, 9.17) is 10.4 Å². The molecule has 0 aliphatic carbocycles. The van der Waals surface area contributed by atoms with Gasteiger partial charge in [0, 0.05) is 5.69 Å². The van der Waals surface area contributed by atoms with E-state index in [0.29, 0.717) is 0 Å². The van der Waals surface area contributed by atoms with Gasteiger partial charge in [-0.2, -0.15) is 18.4 Å². The molecule has 1 aromatic carbocycles. The molecule has 1 atom stereocenters. The molecule has 1 rings (SSSR count). The zero-order valence-corrected chi connectivity index (χ0v) is 9.25. The second kappa shape index (κ2) is 4.96. The topological polar surface area (TPSA) is 73.1 Å². The van der Waals surface area contributed by atoms with Crippen molar-refractivity contribution >= 4 is 11.7 Å². The van der Waals surface area contributed by atoms with Gasteiger partial charge >= 0.3 is 12.1 Å². The van der Waals surface area contributed by atoms with Crippen molar-refractivity contribution in [2.24, 2.45) is 0 Å². The zero-order valence-electron chi connectivity index (χ0n) is 9.25. The van der Waals surface area contributed by atoms with Crippen LogP contribution in [-0.4, -0.2) is 17.1 Å². The number of halogens is 3. The average molecular weight is 258 g/mol. The van der Waals surface area contributed by atoms with E-state index in [9.17, 15) is 18.0 Å². The largest absolute Gasteiger partial charge is 0.480 e. The standard InChI is InChI=1S/C11H9F3N2O2/c1-6(10(17)18)16-8-2-3-9(11(12,13)14)7(4-8)5-15/h2-4,6,16H,1H3,(H,17,18)/t6-/m0/s1. The summed E-state index contributed by atoms with van der Waals surface area (Å²) in [5.41, 5.74) is -1.45. The molecule has 0 saturated carbocycles. The van der Waals surface area contributed by atoms with Crippen LogP contribution in [0.3, 0.4) is 0 Å². The molecule has 7 heteroatoms. The number of rotatable bonds is 3. The Morgan fingerprint density at radius 2 is 2.11 bits per heavy atom. The highest BCUT2D eigenvalue weighted by molar-refractivity contribution is 5.76. The molecule has 18 heavy (non-hydrogen) atoms. The minimum atomic E-state index is -4.61. The molecule has 0 fully saturated rings. The third-order valence-electron chi connectivity index (χ3n) is 2.20. The van der Waals surface area contributed by atoms with E-state index in [-0.39, 0.29) is 5.69 Å². The SMILES string of the molecule is C[C@H](Nc1ccc(C(F)(F)F)c(C#N)c1)C(=O)O. The quantitative estimate of drug-likeness (QED) is 0.873. The fourth-order valence-corrected chi connectivity index (χ4v) is 1.29. The van der Waals surface area contributed by atoms with Gasteiger partial charge in [0.1, 0.15) is 6.04 Å². The summed E-state index contributed by atoms with van der Waals surface area (Å²) in [7, 11) is 0. The van der Waals surface area contributed by atoms with E-state index >= 15 is 0 Å². The number of carboxylic acid groups (broad SMARTS) is 1. The Kier molecular flexibility index (Phi) is 3.81. The average Bonchev–Trinajstić information content (AvgIpc) is 2.27. The first-order valence-electron chi connectivity index (χ1n) is 4.86. The number of aliphatic carboxylic acids is 1. The van der Waals surface area contributed by atoms with Crippen molar-refractivity contribution in [2.45, 2.75) is 19.1 Å². The lowest BCUT2D eigenvalue weighted by molar-refractivity contribution is -0.138. The highest BCUT2D eigenvalue weighted by Crippen LogP contribution is 2.33. The maximum Gasteiger partial charge on any atom is 0.417 e. The van der Waals surface area contributed by atoms with Crippen molar-refractivity contribution in [1.82, 2.24) is 0 Å². The van der Waals surface area contributed by atoms with Crippen LogP contribution in [0.1, 0.15) is 18.1 Å². The first-order chi connectivity index (χ1) is 8.25. The maximum absolute atomic E-state index is 12.5. The van der Waals surface area contributed by atoms with Crippen molar-refractivity contribution in [1.29, 1.82) is 5.26 Å². The van der Waals surface area contributed by atoms with Crippen LogP contribution in [0.5, 0.6) is 0 Å². The van der Waals surface area contributed by atoms with Crippen molar-refractivity contribution < 1.29 is 23.1 Å². The number of carboxylic acids is 1. The number of hydrogen-bond acceptors (Lipinski definition) is 3. The van der Waals surface area contributed by atoms with Crippen LogP contribution in [-0.2, 0) is 11.0 Å². The van der Waals surface area contributed by atoms with E-state index in [0.717, 1.165) is 18.2 Å². The molecular formula is C11H9F3N2O2. The van der Waals surface area contributed by atoms with Crippen molar-refractivity contribution in [3.05, 3.63) is 29.3 Å². The van der Waals surface area contributed by atoms with Gasteiger partial charge in [-0.25, -0.2) is 0 Å². The van der Waals surface area contributed by atoms with E-state index < -0.39 is 29.3 Å². The minimum Gasteiger partial charge on any atom is -0.480 e. The lowest BCUT2D eigenvalue weighted by Crippen LogP contribution is -2.25. The zero-order chi connectivity index (χ0) is 13.9. The third-order valence-corrected chi connectivity index (χ3v) is 2.20. The van der Waals surface area contributed by atoms with E-state index in [1.54, 1.807) is 0 Å². The summed E-state index contributed by atoms with van der Waals surface area (Å²) in [4.78, 5) is 10.6. The maximum atomic E-state index is 12.5. The number of benzene rings is 1. The summed E-state index contributed by atoms with van der Waals surface area (Å²) in [6.45, 7) is 1.34. The molecule has 0 spiro atoms. The Morgan fingerprint density at radius 3 is 2.56 bits per heavy atom. The van der Waals surface area contributed by atoms with E-state index in [2.05, 4.69) is 5.32 Å². The summed E-state index contributed by atoms with van der Waals surface area (Å²) >= 11 is 0. The number of anilines is 1. The smallest absolute Gasteiger partial charge is 0.417 e. The Labute approximate surface area is 101 Å². The second-order valence-corrected chi connectivity index (χ2v) is 3.57. The summed E-state index contributed by atoms with van der Waals surface area (Å²) in [6.07, 6.45) is -4.61. The monoisotopic (exact) mass is 258 g/mol. The number of nitriles is 1. The third kappa shape index (κ3) is 3.13. The molecule has 0 bridgehead atoms. The molecule has 4 nitrogen and oxygen atoms in total. The number of alkyl halides is 3. The molecule has 2 N–H and O–H groups in total. The predicted octanol–water partition coefficient (Wildman–Crippen LogP) is 2.46. The lowest BCUT2D eigenvalue weighted by Gasteiger charge is -2.13. The number of hydrogen-bond donors (Lipinski definition) is 2. The molecular weight excluding hydrogens is 249 g/mol. The Hall–Kier alpha value is -2.23.